The fraction of sp³-hybridized carbons (Fsp3) is 0.909. The standard InChI is InChI=1S/C11H23NO4S/c1-4-5-8-17(15,16)12(9-10(2)3)7-6-11(13)14/h10H,4-9H2,1-3H3,(H,13,14). The van der Waals surface area contributed by atoms with E-state index in [2.05, 4.69) is 0 Å². The van der Waals surface area contributed by atoms with Crippen LogP contribution in [0.3, 0.4) is 0 Å². The molecule has 0 saturated carbocycles. The Hall–Kier alpha value is -0.620. The number of sulfonamides is 1. The molecule has 17 heavy (non-hydrogen) atoms. The maximum Gasteiger partial charge on any atom is 0.304 e. The minimum Gasteiger partial charge on any atom is -0.481 e. The van der Waals surface area contributed by atoms with Crippen LogP contribution in [0.15, 0.2) is 0 Å². The van der Waals surface area contributed by atoms with E-state index in [4.69, 9.17) is 5.11 Å². The lowest BCUT2D eigenvalue weighted by Gasteiger charge is -2.23. The number of rotatable bonds is 9. The van der Waals surface area contributed by atoms with E-state index in [1.165, 1.54) is 4.31 Å². The molecule has 6 heteroatoms. The lowest BCUT2D eigenvalue weighted by molar-refractivity contribution is -0.137. The van der Waals surface area contributed by atoms with Gasteiger partial charge in [-0.3, -0.25) is 4.79 Å². The topological polar surface area (TPSA) is 74.7 Å². The molecule has 5 nitrogen and oxygen atoms in total. The lowest BCUT2D eigenvalue weighted by atomic mass is 10.2. The van der Waals surface area contributed by atoms with Crippen LogP contribution in [0.1, 0.15) is 40.0 Å². The smallest absolute Gasteiger partial charge is 0.304 e. The molecule has 0 bridgehead atoms. The van der Waals surface area contributed by atoms with E-state index < -0.39 is 16.0 Å². The number of hydrogen-bond acceptors (Lipinski definition) is 3. The zero-order valence-corrected chi connectivity index (χ0v) is 11.7. The van der Waals surface area contributed by atoms with Crippen LogP contribution in [-0.2, 0) is 14.8 Å². The summed E-state index contributed by atoms with van der Waals surface area (Å²) in [5, 5.41) is 8.62. The number of carboxylic acids is 1. The fourth-order valence-corrected chi connectivity index (χ4v) is 3.23. The number of aliphatic carboxylic acids is 1. The van der Waals surface area contributed by atoms with Gasteiger partial charge in [0.05, 0.1) is 12.2 Å². The third-order valence-corrected chi connectivity index (χ3v) is 4.22. The van der Waals surface area contributed by atoms with Crippen molar-refractivity contribution < 1.29 is 18.3 Å². The molecule has 0 aliphatic heterocycles. The van der Waals surface area contributed by atoms with Crippen LogP contribution >= 0.6 is 0 Å². The van der Waals surface area contributed by atoms with Crippen LogP contribution in [0.4, 0.5) is 0 Å². The van der Waals surface area contributed by atoms with Crippen molar-refractivity contribution in [1.82, 2.24) is 4.31 Å². The molecule has 1 N–H and O–H groups in total. The highest BCUT2D eigenvalue weighted by atomic mass is 32.2. The lowest BCUT2D eigenvalue weighted by Crippen LogP contribution is -2.37. The average molecular weight is 265 g/mol. The third-order valence-electron chi connectivity index (χ3n) is 2.29. The number of hydrogen-bond donors (Lipinski definition) is 1. The van der Waals surface area contributed by atoms with Crippen LogP contribution in [-0.4, -0.2) is 42.6 Å². The molecule has 0 heterocycles. The first kappa shape index (κ1) is 16.4. The van der Waals surface area contributed by atoms with Gasteiger partial charge in [-0.05, 0) is 12.3 Å². The molecule has 0 aliphatic rings. The van der Waals surface area contributed by atoms with E-state index in [0.29, 0.717) is 13.0 Å². The molecule has 0 aromatic rings. The Morgan fingerprint density at radius 2 is 1.94 bits per heavy atom. The Balaban J connectivity index is 4.59. The summed E-state index contributed by atoms with van der Waals surface area (Å²) in [4.78, 5) is 10.5. The average Bonchev–Trinajstić information content (AvgIpc) is 2.20. The molecule has 0 rings (SSSR count). The number of nitrogens with zero attached hydrogens (tertiary/aromatic N) is 1. The SMILES string of the molecule is CCCCS(=O)(=O)N(CCC(=O)O)CC(C)C. The van der Waals surface area contributed by atoms with Gasteiger partial charge in [-0.1, -0.05) is 27.2 Å². The van der Waals surface area contributed by atoms with Gasteiger partial charge in [0, 0.05) is 13.1 Å². The fourth-order valence-electron chi connectivity index (χ4n) is 1.43. The van der Waals surface area contributed by atoms with Gasteiger partial charge < -0.3 is 5.11 Å². The van der Waals surface area contributed by atoms with Gasteiger partial charge in [0.25, 0.3) is 0 Å². The van der Waals surface area contributed by atoms with E-state index in [0.717, 1.165) is 6.42 Å². The Bertz CT molecular complexity index is 324. The maximum absolute atomic E-state index is 12.0. The largest absolute Gasteiger partial charge is 0.481 e. The van der Waals surface area contributed by atoms with Gasteiger partial charge in [-0.15, -0.1) is 0 Å². The summed E-state index contributed by atoms with van der Waals surface area (Å²) >= 11 is 0. The van der Waals surface area contributed by atoms with E-state index in [1.807, 2.05) is 20.8 Å². The quantitative estimate of drug-likeness (QED) is 0.686. The molecule has 102 valence electrons. The molecule has 0 aromatic carbocycles. The van der Waals surface area contributed by atoms with Crippen molar-refractivity contribution in [2.24, 2.45) is 5.92 Å². The van der Waals surface area contributed by atoms with Crippen LogP contribution in [0, 0.1) is 5.92 Å². The van der Waals surface area contributed by atoms with Crippen LogP contribution in [0.2, 0.25) is 0 Å². The van der Waals surface area contributed by atoms with E-state index in [-0.39, 0.29) is 24.6 Å². The van der Waals surface area contributed by atoms with E-state index in [9.17, 15) is 13.2 Å². The highest BCUT2D eigenvalue weighted by molar-refractivity contribution is 7.89. The molecule has 0 aliphatic carbocycles. The van der Waals surface area contributed by atoms with Crippen molar-refractivity contribution in [3.05, 3.63) is 0 Å². The Labute approximate surface area is 104 Å². The van der Waals surface area contributed by atoms with Gasteiger partial charge in [0.2, 0.25) is 10.0 Å². The highest BCUT2D eigenvalue weighted by Gasteiger charge is 2.22. The first-order chi connectivity index (χ1) is 7.79. The van der Waals surface area contributed by atoms with E-state index in [1.54, 1.807) is 0 Å². The van der Waals surface area contributed by atoms with Crippen molar-refractivity contribution in [2.45, 2.75) is 40.0 Å². The Morgan fingerprint density at radius 1 is 1.35 bits per heavy atom. The second kappa shape index (κ2) is 7.66. The molecule has 0 atom stereocenters. The zero-order chi connectivity index (χ0) is 13.5. The minimum absolute atomic E-state index is 0.0690. The van der Waals surface area contributed by atoms with Gasteiger partial charge in [0.1, 0.15) is 0 Å². The summed E-state index contributed by atoms with van der Waals surface area (Å²) in [6.45, 7) is 6.23. The molecule has 0 unspecified atom stereocenters. The molecule has 0 aromatic heterocycles. The molecule has 0 saturated heterocycles. The first-order valence-corrected chi connectivity index (χ1v) is 7.60. The summed E-state index contributed by atoms with van der Waals surface area (Å²) in [5.41, 5.74) is 0. The maximum atomic E-state index is 12.0. The van der Waals surface area contributed by atoms with Crippen molar-refractivity contribution in [2.75, 3.05) is 18.8 Å². The van der Waals surface area contributed by atoms with Crippen LogP contribution in [0.25, 0.3) is 0 Å². The van der Waals surface area contributed by atoms with E-state index >= 15 is 0 Å². The summed E-state index contributed by atoms with van der Waals surface area (Å²) < 4.78 is 25.2. The number of carbonyl (C=O) groups is 1. The summed E-state index contributed by atoms with van der Waals surface area (Å²) in [5.74, 6) is -0.666. The van der Waals surface area contributed by atoms with Crippen LogP contribution < -0.4 is 0 Å². The summed E-state index contributed by atoms with van der Waals surface area (Å²) in [6.07, 6.45) is 1.29. The molecule has 0 fully saturated rings. The highest BCUT2D eigenvalue weighted by Crippen LogP contribution is 2.09. The molecular weight excluding hydrogens is 242 g/mol. The first-order valence-electron chi connectivity index (χ1n) is 5.99. The van der Waals surface area contributed by atoms with Crippen LogP contribution in [0.5, 0.6) is 0 Å². The zero-order valence-electron chi connectivity index (χ0n) is 10.8. The Morgan fingerprint density at radius 3 is 2.35 bits per heavy atom. The summed E-state index contributed by atoms with van der Waals surface area (Å²) in [6, 6.07) is 0. The third kappa shape index (κ3) is 7.33. The normalized spacial score (nSPS) is 12.3. The Kier molecular flexibility index (Phi) is 7.38. The van der Waals surface area contributed by atoms with Crippen molar-refractivity contribution >= 4 is 16.0 Å². The van der Waals surface area contributed by atoms with Crippen molar-refractivity contribution in [1.29, 1.82) is 0 Å². The molecular formula is C11H23NO4S. The molecule has 0 radical (unpaired) electrons. The van der Waals surface area contributed by atoms with Gasteiger partial charge in [0.15, 0.2) is 0 Å². The van der Waals surface area contributed by atoms with Crippen molar-refractivity contribution in [3.8, 4) is 0 Å². The van der Waals surface area contributed by atoms with Gasteiger partial charge in [-0.2, -0.15) is 0 Å². The van der Waals surface area contributed by atoms with Gasteiger partial charge >= 0.3 is 5.97 Å². The van der Waals surface area contributed by atoms with Crippen molar-refractivity contribution in [3.63, 3.8) is 0 Å². The van der Waals surface area contributed by atoms with Gasteiger partial charge in [-0.25, -0.2) is 12.7 Å². The predicted octanol–water partition coefficient (Wildman–Crippen LogP) is 1.55. The summed E-state index contributed by atoms with van der Waals surface area (Å²) in [7, 11) is -3.31. The predicted molar refractivity (Wildman–Crippen MR) is 67.4 cm³/mol. The monoisotopic (exact) mass is 265 g/mol. The molecule has 0 spiro atoms. The minimum atomic E-state index is -3.31. The number of unbranched alkanes of at least 4 members (excludes halogenated alkanes) is 1. The second-order valence-electron chi connectivity index (χ2n) is 4.57. The second-order valence-corrected chi connectivity index (χ2v) is 6.65. The number of carboxylic acid groups (broad SMARTS) is 1. The molecule has 0 amide bonds.